The molecule has 68 valence electrons. The van der Waals surface area contributed by atoms with Gasteiger partial charge in [0.1, 0.15) is 6.10 Å². The topological polar surface area (TPSA) is 29.5 Å². The lowest BCUT2D eigenvalue weighted by atomic mass is 9.92. The summed E-state index contributed by atoms with van der Waals surface area (Å²) in [5, 5.41) is 0.752. The van der Waals surface area contributed by atoms with E-state index in [4.69, 9.17) is 4.74 Å². The molecule has 1 aliphatic carbocycles. The van der Waals surface area contributed by atoms with Crippen LogP contribution in [0.4, 0.5) is 4.79 Å². The van der Waals surface area contributed by atoms with Gasteiger partial charge in [0.05, 0.1) is 6.54 Å². The molecule has 0 aromatic carbocycles. The molecule has 1 heterocycles. The summed E-state index contributed by atoms with van der Waals surface area (Å²) in [5.41, 5.74) is 0. The quantitative estimate of drug-likeness (QED) is 0.681. The van der Waals surface area contributed by atoms with Crippen molar-refractivity contribution >= 4 is 22.0 Å². The van der Waals surface area contributed by atoms with Crippen LogP contribution in [0, 0.1) is 0 Å². The number of amides is 1. The van der Waals surface area contributed by atoms with Gasteiger partial charge in [-0.2, -0.15) is 0 Å². The van der Waals surface area contributed by atoms with E-state index in [0.717, 1.165) is 24.7 Å². The molecule has 1 amide bonds. The van der Waals surface area contributed by atoms with Crippen LogP contribution < -0.4 is 0 Å². The SMILES string of the molecule is O=C1OC(CBr)CN1C1CCC1. The fraction of sp³-hybridized carbons (Fsp3) is 0.875. The van der Waals surface area contributed by atoms with E-state index in [2.05, 4.69) is 15.9 Å². The largest absolute Gasteiger partial charge is 0.443 e. The number of halogens is 1. The lowest BCUT2D eigenvalue weighted by molar-refractivity contribution is 0.121. The van der Waals surface area contributed by atoms with E-state index in [-0.39, 0.29) is 12.2 Å². The van der Waals surface area contributed by atoms with E-state index in [1.807, 2.05) is 4.90 Å². The molecule has 3 nitrogen and oxygen atoms in total. The fourth-order valence-electron chi connectivity index (χ4n) is 1.62. The van der Waals surface area contributed by atoms with Crippen LogP contribution in [0.25, 0.3) is 0 Å². The van der Waals surface area contributed by atoms with Crippen LogP contribution >= 0.6 is 15.9 Å². The summed E-state index contributed by atoms with van der Waals surface area (Å²) in [5.74, 6) is 0. The molecule has 1 aliphatic heterocycles. The van der Waals surface area contributed by atoms with E-state index in [1.54, 1.807) is 0 Å². The molecular formula is C8H12BrNO2. The van der Waals surface area contributed by atoms with Gasteiger partial charge in [-0.15, -0.1) is 0 Å². The molecule has 0 aromatic rings. The van der Waals surface area contributed by atoms with Gasteiger partial charge in [0.15, 0.2) is 0 Å². The van der Waals surface area contributed by atoms with Gasteiger partial charge in [-0.25, -0.2) is 4.79 Å². The maximum Gasteiger partial charge on any atom is 0.410 e. The molecular weight excluding hydrogens is 222 g/mol. The zero-order chi connectivity index (χ0) is 8.55. The van der Waals surface area contributed by atoms with Crippen LogP contribution in [0.2, 0.25) is 0 Å². The molecule has 1 unspecified atom stereocenters. The van der Waals surface area contributed by atoms with Crippen molar-refractivity contribution in [3.63, 3.8) is 0 Å². The van der Waals surface area contributed by atoms with Crippen LogP contribution in [0.5, 0.6) is 0 Å². The first-order valence-corrected chi connectivity index (χ1v) is 5.46. The second kappa shape index (κ2) is 3.24. The third kappa shape index (κ3) is 1.32. The van der Waals surface area contributed by atoms with E-state index >= 15 is 0 Å². The molecule has 0 spiro atoms. The fourth-order valence-corrected chi connectivity index (χ4v) is 1.96. The Hall–Kier alpha value is -0.250. The van der Waals surface area contributed by atoms with Crippen molar-refractivity contribution in [1.82, 2.24) is 4.90 Å². The van der Waals surface area contributed by atoms with E-state index < -0.39 is 0 Å². The molecule has 2 aliphatic rings. The molecule has 1 atom stereocenters. The lowest BCUT2D eigenvalue weighted by Gasteiger charge is -2.32. The second-order valence-corrected chi connectivity index (χ2v) is 4.04. The van der Waals surface area contributed by atoms with E-state index in [9.17, 15) is 4.79 Å². The highest BCUT2D eigenvalue weighted by molar-refractivity contribution is 9.09. The average molecular weight is 234 g/mol. The monoisotopic (exact) mass is 233 g/mol. The van der Waals surface area contributed by atoms with Gasteiger partial charge >= 0.3 is 6.09 Å². The van der Waals surface area contributed by atoms with Crippen molar-refractivity contribution in [3.8, 4) is 0 Å². The van der Waals surface area contributed by atoms with Gasteiger partial charge in [-0.1, -0.05) is 15.9 Å². The first kappa shape index (κ1) is 8.35. The van der Waals surface area contributed by atoms with Crippen LogP contribution in [0.15, 0.2) is 0 Å². The molecule has 0 aromatic heterocycles. The van der Waals surface area contributed by atoms with Crippen molar-refractivity contribution in [2.24, 2.45) is 0 Å². The van der Waals surface area contributed by atoms with Gasteiger partial charge in [0.25, 0.3) is 0 Å². The molecule has 2 fully saturated rings. The number of carbonyl (C=O) groups is 1. The molecule has 12 heavy (non-hydrogen) atoms. The van der Waals surface area contributed by atoms with Gasteiger partial charge < -0.3 is 9.64 Å². The maximum atomic E-state index is 11.3. The summed E-state index contributed by atoms with van der Waals surface area (Å²) >= 11 is 3.32. The molecule has 1 saturated carbocycles. The zero-order valence-corrected chi connectivity index (χ0v) is 8.42. The van der Waals surface area contributed by atoms with Crippen molar-refractivity contribution in [2.45, 2.75) is 31.4 Å². The number of hydrogen-bond acceptors (Lipinski definition) is 2. The maximum absolute atomic E-state index is 11.3. The standard InChI is InChI=1S/C8H12BrNO2/c9-4-7-5-10(8(11)12-7)6-2-1-3-6/h6-7H,1-5H2. The number of carbonyl (C=O) groups excluding carboxylic acids is 1. The number of cyclic esters (lactones) is 1. The van der Waals surface area contributed by atoms with Gasteiger partial charge in [-0.05, 0) is 19.3 Å². The van der Waals surface area contributed by atoms with Crippen molar-refractivity contribution in [1.29, 1.82) is 0 Å². The van der Waals surface area contributed by atoms with Crippen LogP contribution in [-0.4, -0.2) is 35.0 Å². The Morgan fingerprint density at radius 3 is 2.75 bits per heavy atom. The van der Waals surface area contributed by atoms with E-state index in [0.29, 0.717) is 6.04 Å². The second-order valence-electron chi connectivity index (χ2n) is 3.40. The average Bonchev–Trinajstić information content (AvgIpc) is 2.29. The minimum absolute atomic E-state index is 0.0677. The predicted octanol–water partition coefficient (Wildman–Crippen LogP) is 1.75. The highest BCUT2D eigenvalue weighted by Gasteiger charge is 2.37. The summed E-state index contributed by atoms with van der Waals surface area (Å²) in [6.07, 6.45) is 3.52. The van der Waals surface area contributed by atoms with Crippen LogP contribution in [0.1, 0.15) is 19.3 Å². The minimum Gasteiger partial charge on any atom is -0.443 e. The van der Waals surface area contributed by atoms with Crippen LogP contribution in [-0.2, 0) is 4.74 Å². The third-order valence-electron chi connectivity index (χ3n) is 2.59. The van der Waals surface area contributed by atoms with Crippen LogP contribution in [0.3, 0.4) is 0 Å². The predicted molar refractivity (Wildman–Crippen MR) is 48.4 cm³/mol. The number of hydrogen-bond donors (Lipinski definition) is 0. The smallest absolute Gasteiger partial charge is 0.410 e. The Kier molecular flexibility index (Phi) is 2.26. The lowest BCUT2D eigenvalue weighted by Crippen LogP contribution is -2.41. The van der Waals surface area contributed by atoms with Gasteiger partial charge in [-0.3, -0.25) is 0 Å². The normalized spacial score (nSPS) is 30.2. The number of nitrogens with zero attached hydrogens (tertiary/aromatic N) is 1. The Labute approximate surface area is 80.2 Å². The van der Waals surface area contributed by atoms with E-state index in [1.165, 1.54) is 6.42 Å². The van der Waals surface area contributed by atoms with Crippen molar-refractivity contribution < 1.29 is 9.53 Å². The third-order valence-corrected chi connectivity index (χ3v) is 3.31. The van der Waals surface area contributed by atoms with Crippen molar-refractivity contribution in [2.75, 3.05) is 11.9 Å². The first-order valence-electron chi connectivity index (χ1n) is 4.34. The van der Waals surface area contributed by atoms with Gasteiger partial charge in [0.2, 0.25) is 0 Å². The Morgan fingerprint density at radius 1 is 1.58 bits per heavy atom. The Morgan fingerprint density at radius 2 is 2.33 bits per heavy atom. The summed E-state index contributed by atoms with van der Waals surface area (Å²) in [4.78, 5) is 13.1. The van der Waals surface area contributed by atoms with Crippen molar-refractivity contribution in [3.05, 3.63) is 0 Å². The summed E-state index contributed by atoms with van der Waals surface area (Å²) in [6.45, 7) is 0.773. The summed E-state index contributed by atoms with van der Waals surface area (Å²) < 4.78 is 5.12. The highest BCUT2D eigenvalue weighted by Crippen LogP contribution is 2.28. The number of ether oxygens (including phenoxy) is 1. The summed E-state index contributed by atoms with van der Waals surface area (Å²) in [7, 11) is 0. The highest BCUT2D eigenvalue weighted by atomic mass is 79.9. The molecule has 1 saturated heterocycles. The zero-order valence-electron chi connectivity index (χ0n) is 6.83. The van der Waals surface area contributed by atoms with Gasteiger partial charge in [0, 0.05) is 11.4 Å². The summed E-state index contributed by atoms with van der Waals surface area (Å²) in [6, 6.07) is 0.474. The Balaban J connectivity index is 1.93. The minimum atomic E-state index is -0.121. The Bertz CT molecular complexity index is 193. The molecule has 0 radical (unpaired) electrons. The number of alkyl halides is 1. The molecule has 2 rings (SSSR count). The first-order chi connectivity index (χ1) is 5.81. The molecule has 0 N–H and O–H groups in total. The number of rotatable bonds is 2. The molecule has 4 heteroatoms. The molecule has 0 bridgehead atoms.